The molecular weight excluding hydrogens is 230 g/mol. The molecule has 0 amide bonds. The zero-order valence-corrected chi connectivity index (χ0v) is 11.1. The van der Waals surface area contributed by atoms with E-state index in [1.54, 1.807) is 11.8 Å². The minimum atomic E-state index is 0.0595. The van der Waals surface area contributed by atoms with Gasteiger partial charge < -0.3 is 0 Å². The fourth-order valence-electron chi connectivity index (χ4n) is 2.34. The maximum atomic E-state index is 12.2. The molecule has 1 unspecified atom stereocenters. The van der Waals surface area contributed by atoms with Crippen LogP contribution in [0.1, 0.15) is 43.4 Å². The lowest BCUT2D eigenvalue weighted by molar-refractivity contribution is -0.118. The minimum Gasteiger partial charge on any atom is -0.298 e. The molecule has 1 aromatic rings. The lowest BCUT2D eigenvalue weighted by Gasteiger charge is -2.22. The summed E-state index contributed by atoms with van der Waals surface area (Å²) < 4.78 is 0. The first-order valence-electron chi connectivity index (χ1n) is 6.37. The molecule has 1 aliphatic carbocycles. The maximum Gasteiger partial charge on any atom is 0.151 e. The normalized spacial score (nSPS) is 18.8. The van der Waals surface area contributed by atoms with Gasteiger partial charge in [0.15, 0.2) is 5.78 Å². The number of carbonyl (C=O) groups is 1. The van der Waals surface area contributed by atoms with Gasteiger partial charge in [-0.2, -0.15) is 11.8 Å². The monoisotopic (exact) mass is 249 g/mol. The molecule has 92 valence electrons. The first-order valence-corrected chi connectivity index (χ1v) is 7.52. The lowest BCUT2D eigenvalue weighted by Crippen LogP contribution is -2.21. The summed E-state index contributed by atoms with van der Waals surface area (Å²) in [6.45, 7) is 2.15. The zero-order chi connectivity index (χ0) is 12.1. The molecule has 0 bridgehead atoms. The number of carbonyl (C=O) groups excluding carboxylic acids is 1. The Kier molecular flexibility index (Phi) is 4.60. The highest BCUT2D eigenvalue weighted by atomic mass is 32.2. The molecule has 0 aliphatic heterocycles. The molecule has 0 spiro atoms. The van der Waals surface area contributed by atoms with Crippen molar-refractivity contribution in [3.05, 3.63) is 29.6 Å². The van der Waals surface area contributed by atoms with E-state index in [1.807, 2.05) is 12.3 Å². The fourth-order valence-corrected chi connectivity index (χ4v) is 3.18. The fraction of sp³-hybridized carbons (Fsp3) is 0.571. The molecule has 0 fully saturated rings. The van der Waals surface area contributed by atoms with E-state index in [0.717, 1.165) is 37.1 Å². The summed E-state index contributed by atoms with van der Waals surface area (Å²) in [5.74, 6) is 2.15. The number of aryl methyl sites for hydroxylation is 1. The molecule has 1 aliphatic rings. The second-order valence-corrected chi connectivity index (χ2v) is 5.62. The summed E-state index contributed by atoms with van der Waals surface area (Å²) in [5.41, 5.74) is 2.32. The molecule has 2 nitrogen and oxygen atoms in total. The highest BCUT2D eigenvalue weighted by molar-refractivity contribution is 7.99. The first-order chi connectivity index (χ1) is 8.33. The number of thioether (sulfide) groups is 1. The number of rotatable bonds is 5. The highest BCUT2D eigenvalue weighted by Gasteiger charge is 2.26. The van der Waals surface area contributed by atoms with Gasteiger partial charge in [-0.1, -0.05) is 13.0 Å². The molecule has 0 aromatic carbocycles. The van der Waals surface area contributed by atoms with Crippen LogP contribution in [0.4, 0.5) is 0 Å². The smallest absolute Gasteiger partial charge is 0.151 e. The van der Waals surface area contributed by atoms with E-state index in [2.05, 4.69) is 18.0 Å². The summed E-state index contributed by atoms with van der Waals surface area (Å²) in [5, 5.41) is 0. The Morgan fingerprint density at radius 2 is 2.47 bits per heavy atom. The van der Waals surface area contributed by atoms with Crippen molar-refractivity contribution >= 4 is 17.5 Å². The van der Waals surface area contributed by atoms with Crippen molar-refractivity contribution in [1.29, 1.82) is 0 Å². The Morgan fingerprint density at radius 1 is 1.59 bits per heavy atom. The second-order valence-electron chi connectivity index (χ2n) is 4.51. The summed E-state index contributed by atoms with van der Waals surface area (Å²) >= 11 is 1.75. The number of pyridine rings is 1. The van der Waals surface area contributed by atoms with E-state index >= 15 is 0 Å². The third-order valence-electron chi connectivity index (χ3n) is 3.18. The van der Waals surface area contributed by atoms with Crippen molar-refractivity contribution in [3.8, 4) is 0 Å². The van der Waals surface area contributed by atoms with Crippen LogP contribution in [0.15, 0.2) is 18.3 Å². The molecule has 0 radical (unpaired) electrons. The van der Waals surface area contributed by atoms with E-state index < -0.39 is 0 Å². The minimum absolute atomic E-state index is 0.0595. The van der Waals surface area contributed by atoms with Crippen molar-refractivity contribution < 1.29 is 4.79 Å². The standard InChI is InChI=1S/C14H19NOS/c1-2-9-17-10-13(16)12-7-3-5-11-6-4-8-15-14(11)12/h4,6,8,12H,2-3,5,7,9-10H2,1H3. The molecule has 1 aromatic heterocycles. The second kappa shape index (κ2) is 6.20. The van der Waals surface area contributed by atoms with E-state index in [9.17, 15) is 4.79 Å². The predicted molar refractivity (Wildman–Crippen MR) is 72.5 cm³/mol. The van der Waals surface area contributed by atoms with Gasteiger partial charge in [0.05, 0.1) is 17.4 Å². The van der Waals surface area contributed by atoms with Gasteiger partial charge in [0, 0.05) is 6.20 Å². The van der Waals surface area contributed by atoms with Crippen molar-refractivity contribution in [2.45, 2.75) is 38.5 Å². The van der Waals surface area contributed by atoms with Gasteiger partial charge in [-0.25, -0.2) is 0 Å². The van der Waals surface area contributed by atoms with Crippen LogP contribution in [0.5, 0.6) is 0 Å². The van der Waals surface area contributed by atoms with E-state index in [4.69, 9.17) is 0 Å². The molecular formula is C14H19NOS. The number of hydrogen-bond donors (Lipinski definition) is 0. The van der Waals surface area contributed by atoms with Gasteiger partial charge in [-0.15, -0.1) is 0 Å². The third-order valence-corrected chi connectivity index (χ3v) is 4.36. The van der Waals surface area contributed by atoms with Crippen molar-refractivity contribution in [1.82, 2.24) is 4.98 Å². The van der Waals surface area contributed by atoms with Crippen LogP contribution >= 0.6 is 11.8 Å². The van der Waals surface area contributed by atoms with Crippen molar-refractivity contribution in [2.24, 2.45) is 0 Å². The van der Waals surface area contributed by atoms with Gasteiger partial charge >= 0.3 is 0 Å². The first kappa shape index (κ1) is 12.6. The summed E-state index contributed by atoms with van der Waals surface area (Å²) in [6.07, 6.45) is 6.12. The summed E-state index contributed by atoms with van der Waals surface area (Å²) in [4.78, 5) is 16.6. The average molecular weight is 249 g/mol. The predicted octanol–water partition coefficient (Wildman–Crippen LogP) is 3.21. The van der Waals surface area contributed by atoms with Gasteiger partial charge in [0.25, 0.3) is 0 Å². The van der Waals surface area contributed by atoms with Crippen LogP contribution in [-0.2, 0) is 11.2 Å². The molecule has 0 saturated heterocycles. The number of fused-ring (bicyclic) bond motifs is 1. The number of ketones is 1. The van der Waals surface area contributed by atoms with E-state index in [-0.39, 0.29) is 5.92 Å². The SMILES string of the molecule is CCCSCC(=O)C1CCCc2cccnc21. The Hall–Kier alpha value is -0.830. The van der Waals surface area contributed by atoms with E-state index in [1.165, 1.54) is 5.56 Å². The highest BCUT2D eigenvalue weighted by Crippen LogP contribution is 2.31. The number of aromatic nitrogens is 1. The van der Waals surface area contributed by atoms with Gasteiger partial charge in [0.2, 0.25) is 0 Å². The molecule has 1 atom stereocenters. The average Bonchev–Trinajstić information content (AvgIpc) is 2.38. The largest absolute Gasteiger partial charge is 0.298 e. The lowest BCUT2D eigenvalue weighted by atomic mass is 9.84. The van der Waals surface area contributed by atoms with Gasteiger partial charge in [-0.05, 0) is 43.1 Å². The topological polar surface area (TPSA) is 30.0 Å². The number of hydrogen-bond acceptors (Lipinski definition) is 3. The van der Waals surface area contributed by atoms with Crippen LogP contribution in [0, 0.1) is 0 Å². The third kappa shape index (κ3) is 3.09. The van der Waals surface area contributed by atoms with Crippen LogP contribution in [0.3, 0.4) is 0 Å². The Morgan fingerprint density at radius 3 is 3.29 bits per heavy atom. The quantitative estimate of drug-likeness (QED) is 0.751. The van der Waals surface area contributed by atoms with Crippen LogP contribution in [0.25, 0.3) is 0 Å². The Bertz CT molecular complexity index is 392. The van der Waals surface area contributed by atoms with E-state index in [0.29, 0.717) is 11.5 Å². The molecule has 2 rings (SSSR count). The molecule has 3 heteroatoms. The summed E-state index contributed by atoms with van der Waals surface area (Å²) in [6, 6.07) is 4.08. The summed E-state index contributed by atoms with van der Waals surface area (Å²) in [7, 11) is 0. The molecule has 17 heavy (non-hydrogen) atoms. The maximum absolute atomic E-state index is 12.2. The van der Waals surface area contributed by atoms with Crippen molar-refractivity contribution in [3.63, 3.8) is 0 Å². The number of nitrogens with zero attached hydrogens (tertiary/aromatic N) is 1. The van der Waals surface area contributed by atoms with Crippen LogP contribution in [0.2, 0.25) is 0 Å². The van der Waals surface area contributed by atoms with Gasteiger partial charge in [-0.3, -0.25) is 9.78 Å². The Balaban J connectivity index is 2.05. The van der Waals surface area contributed by atoms with Crippen LogP contribution in [-0.4, -0.2) is 22.3 Å². The molecule has 0 saturated carbocycles. The molecule has 0 N–H and O–H groups in total. The Labute approximate surface area is 107 Å². The van der Waals surface area contributed by atoms with Crippen LogP contribution < -0.4 is 0 Å². The van der Waals surface area contributed by atoms with Crippen molar-refractivity contribution in [2.75, 3.05) is 11.5 Å². The molecule has 1 heterocycles. The van der Waals surface area contributed by atoms with Gasteiger partial charge in [0.1, 0.15) is 0 Å². The number of Topliss-reactive ketones (excluding diaryl/α,β-unsaturated/α-hetero) is 1. The zero-order valence-electron chi connectivity index (χ0n) is 10.3.